The van der Waals surface area contributed by atoms with Crippen molar-refractivity contribution >= 4 is 0 Å². The molecule has 106 valence electrons. The quantitative estimate of drug-likeness (QED) is 0.826. The molecule has 1 unspecified atom stereocenters. The van der Waals surface area contributed by atoms with Crippen LogP contribution in [-0.4, -0.2) is 31.1 Å². The third-order valence-corrected chi connectivity index (χ3v) is 4.26. The van der Waals surface area contributed by atoms with Crippen LogP contribution in [0.4, 0.5) is 0 Å². The second kappa shape index (κ2) is 5.55. The number of nitrogens with one attached hydrogen (secondary N) is 1. The van der Waals surface area contributed by atoms with Crippen LogP contribution in [-0.2, 0) is 5.54 Å². The summed E-state index contributed by atoms with van der Waals surface area (Å²) in [7, 11) is 2.14. The predicted molar refractivity (Wildman–Crippen MR) is 80.1 cm³/mol. The zero-order valence-corrected chi connectivity index (χ0v) is 12.2. The van der Waals surface area contributed by atoms with Gasteiger partial charge in [0.1, 0.15) is 5.54 Å². The Labute approximate surface area is 121 Å². The van der Waals surface area contributed by atoms with Gasteiger partial charge in [0.25, 0.3) is 0 Å². The molecular formula is C17H23N3. The summed E-state index contributed by atoms with van der Waals surface area (Å²) in [6.45, 7) is 1.88. The first-order chi connectivity index (χ1) is 9.72. The van der Waals surface area contributed by atoms with E-state index in [9.17, 15) is 5.26 Å². The monoisotopic (exact) mass is 269 g/mol. The first kappa shape index (κ1) is 13.6. The molecule has 3 rings (SSSR count). The molecule has 0 bridgehead atoms. The fourth-order valence-corrected chi connectivity index (χ4v) is 2.86. The Morgan fingerprint density at radius 3 is 2.50 bits per heavy atom. The second-order valence-corrected chi connectivity index (χ2v) is 6.44. The highest BCUT2D eigenvalue weighted by molar-refractivity contribution is 5.32. The van der Waals surface area contributed by atoms with Crippen LogP contribution in [0, 0.1) is 17.2 Å². The van der Waals surface area contributed by atoms with E-state index in [2.05, 4.69) is 35.5 Å². The molecule has 2 aliphatic carbocycles. The van der Waals surface area contributed by atoms with Crippen molar-refractivity contribution in [2.45, 2.75) is 37.3 Å². The second-order valence-electron chi connectivity index (χ2n) is 6.44. The van der Waals surface area contributed by atoms with Crippen molar-refractivity contribution in [1.29, 1.82) is 5.26 Å². The molecular weight excluding hydrogens is 246 g/mol. The number of nitriles is 1. The summed E-state index contributed by atoms with van der Waals surface area (Å²) in [6.07, 6.45) is 5.10. The van der Waals surface area contributed by atoms with Crippen LogP contribution >= 0.6 is 0 Å². The largest absolute Gasteiger partial charge is 0.303 e. The lowest BCUT2D eigenvalue weighted by Gasteiger charge is -2.33. The van der Waals surface area contributed by atoms with Gasteiger partial charge in [0, 0.05) is 19.1 Å². The van der Waals surface area contributed by atoms with Crippen molar-refractivity contribution in [3.63, 3.8) is 0 Å². The molecule has 1 atom stereocenters. The van der Waals surface area contributed by atoms with Crippen molar-refractivity contribution in [1.82, 2.24) is 10.2 Å². The minimum absolute atomic E-state index is 0.518. The van der Waals surface area contributed by atoms with E-state index in [0.29, 0.717) is 6.04 Å². The normalized spacial score (nSPS) is 21.4. The van der Waals surface area contributed by atoms with E-state index < -0.39 is 5.54 Å². The minimum Gasteiger partial charge on any atom is -0.303 e. The Balaban J connectivity index is 1.79. The van der Waals surface area contributed by atoms with Gasteiger partial charge in [-0.1, -0.05) is 30.3 Å². The Morgan fingerprint density at radius 1 is 1.25 bits per heavy atom. The van der Waals surface area contributed by atoms with Gasteiger partial charge in [-0.2, -0.15) is 5.26 Å². The summed E-state index contributed by atoms with van der Waals surface area (Å²) in [5.41, 5.74) is 0.531. The maximum absolute atomic E-state index is 9.87. The smallest absolute Gasteiger partial charge is 0.145 e. The molecule has 2 saturated carbocycles. The molecule has 0 aliphatic heterocycles. The van der Waals surface area contributed by atoms with Crippen LogP contribution in [0.2, 0.25) is 0 Å². The molecule has 1 aromatic rings. The lowest BCUT2D eigenvalue weighted by Crippen LogP contribution is -2.50. The molecule has 0 saturated heterocycles. The number of hydrogen-bond donors (Lipinski definition) is 1. The van der Waals surface area contributed by atoms with E-state index in [1.54, 1.807) is 0 Å². The fourth-order valence-electron chi connectivity index (χ4n) is 2.86. The first-order valence-corrected chi connectivity index (χ1v) is 7.65. The predicted octanol–water partition coefficient (Wildman–Crippen LogP) is 2.50. The van der Waals surface area contributed by atoms with Crippen molar-refractivity contribution in [2.24, 2.45) is 5.92 Å². The summed E-state index contributed by atoms with van der Waals surface area (Å²) in [5.74, 6) is 0.855. The van der Waals surface area contributed by atoms with Gasteiger partial charge in [0.2, 0.25) is 0 Å². The standard InChI is InChI=1S/C17H23N3/c1-20(11-14-7-8-14)13-17(12-18,19-16-9-10-16)15-5-3-2-4-6-15/h2-6,14,16,19H,7-11,13H2,1H3. The highest BCUT2D eigenvalue weighted by Crippen LogP contribution is 2.32. The molecule has 0 radical (unpaired) electrons. The topological polar surface area (TPSA) is 39.1 Å². The first-order valence-electron chi connectivity index (χ1n) is 7.65. The minimum atomic E-state index is -0.563. The van der Waals surface area contributed by atoms with Gasteiger partial charge in [-0.05, 0) is 44.2 Å². The number of likely N-dealkylation sites (N-methyl/N-ethyl adjacent to an activating group) is 1. The third-order valence-electron chi connectivity index (χ3n) is 4.26. The van der Waals surface area contributed by atoms with Crippen LogP contribution in [0.1, 0.15) is 31.2 Å². The van der Waals surface area contributed by atoms with E-state index in [4.69, 9.17) is 0 Å². The Morgan fingerprint density at radius 2 is 1.95 bits per heavy atom. The van der Waals surface area contributed by atoms with Crippen LogP contribution < -0.4 is 5.32 Å². The third kappa shape index (κ3) is 3.20. The van der Waals surface area contributed by atoms with Crippen LogP contribution in [0.25, 0.3) is 0 Å². The molecule has 3 nitrogen and oxygen atoms in total. The summed E-state index contributed by atoms with van der Waals surface area (Å²) in [4.78, 5) is 2.32. The lowest BCUT2D eigenvalue weighted by atomic mass is 9.90. The maximum Gasteiger partial charge on any atom is 0.145 e. The SMILES string of the molecule is CN(CC1CC1)CC(C#N)(NC1CC1)c1ccccc1. The number of nitrogens with zero attached hydrogens (tertiary/aromatic N) is 2. The zero-order valence-electron chi connectivity index (χ0n) is 12.2. The highest BCUT2D eigenvalue weighted by atomic mass is 15.2. The Bertz CT molecular complexity index is 485. The van der Waals surface area contributed by atoms with E-state index >= 15 is 0 Å². The average molecular weight is 269 g/mol. The fraction of sp³-hybridized carbons (Fsp3) is 0.588. The van der Waals surface area contributed by atoms with Crippen LogP contribution in [0.5, 0.6) is 0 Å². The van der Waals surface area contributed by atoms with E-state index in [-0.39, 0.29) is 0 Å². The Kier molecular flexibility index (Phi) is 3.78. The molecule has 1 N–H and O–H groups in total. The van der Waals surface area contributed by atoms with Gasteiger partial charge in [-0.25, -0.2) is 0 Å². The summed E-state index contributed by atoms with van der Waals surface area (Å²) in [6, 6.07) is 13.3. The van der Waals surface area contributed by atoms with Gasteiger partial charge in [-0.3, -0.25) is 5.32 Å². The van der Waals surface area contributed by atoms with Crippen LogP contribution in [0.15, 0.2) is 30.3 Å². The van der Waals surface area contributed by atoms with Crippen molar-refractivity contribution in [2.75, 3.05) is 20.1 Å². The van der Waals surface area contributed by atoms with Gasteiger partial charge in [0.05, 0.1) is 6.07 Å². The zero-order chi connectivity index (χ0) is 14.0. The summed E-state index contributed by atoms with van der Waals surface area (Å²) >= 11 is 0. The summed E-state index contributed by atoms with van der Waals surface area (Å²) in [5, 5.41) is 13.5. The molecule has 0 aromatic heterocycles. The molecule has 0 spiro atoms. The van der Waals surface area contributed by atoms with Gasteiger partial charge < -0.3 is 4.90 Å². The lowest BCUT2D eigenvalue weighted by molar-refractivity contribution is 0.240. The van der Waals surface area contributed by atoms with E-state index in [0.717, 1.165) is 24.6 Å². The van der Waals surface area contributed by atoms with E-state index in [1.807, 2.05) is 18.2 Å². The number of benzene rings is 1. The average Bonchev–Trinajstić information content (AvgIpc) is 3.35. The molecule has 1 aromatic carbocycles. The van der Waals surface area contributed by atoms with Crippen molar-refractivity contribution in [3.05, 3.63) is 35.9 Å². The molecule has 20 heavy (non-hydrogen) atoms. The molecule has 0 amide bonds. The highest BCUT2D eigenvalue weighted by Gasteiger charge is 2.39. The summed E-state index contributed by atoms with van der Waals surface area (Å²) < 4.78 is 0. The number of rotatable bonds is 7. The Hall–Kier alpha value is -1.37. The van der Waals surface area contributed by atoms with Gasteiger partial charge in [-0.15, -0.1) is 0 Å². The molecule has 0 heterocycles. The number of hydrogen-bond acceptors (Lipinski definition) is 3. The van der Waals surface area contributed by atoms with Gasteiger partial charge >= 0.3 is 0 Å². The van der Waals surface area contributed by atoms with Crippen molar-refractivity contribution < 1.29 is 0 Å². The van der Waals surface area contributed by atoms with Crippen LogP contribution in [0.3, 0.4) is 0 Å². The maximum atomic E-state index is 9.87. The molecule has 2 fully saturated rings. The van der Waals surface area contributed by atoms with Crippen molar-refractivity contribution in [3.8, 4) is 6.07 Å². The van der Waals surface area contributed by atoms with E-state index in [1.165, 1.54) is 25.7 Å². The molecule has 2 aliphatic rings. The van der Waals surface area contributed by atoms with Gasteiger partial charge in [0.15, 0.2) is 0 Å². The molecule has 3 heteroatoms.